The van der Waals surface area contributed by atoms with Gasteiger partial charge in [0.1, 0.15) is 23.8 Å². The van der Waals surface area contributed by atoms with Crippen molar-refractivity contribution < 1.29 is 18.7 Å². The minimum Gasteiger partial charge on any atom is -0.459 e. The molecular weight excluding hydrogens is 606 g/mol. The molecule has 0 unspecified atom stereocenters. The number of benzene rings is 4. The molecule has 48 heavy (non-hydrogen) atoms. The smallest absolute Gasteiger partial charge is 0.351 e. The van der Waals surface area contributed by atoms with Crippen molar-refractivity contribution in [3.63, 3.8) is 0 Å². The summed E-state index contributed by atoms with van der Waals surface area (Å²) in [7, 11) is 0. The van der Waals surface area contributed by atoms with E-state index in [0.717, 1.165) is 29.5 Å². The topological polar surface area (TPSA) is 111 Å². The lowest BCUT2D eigenvalue weighted by Gasteiger charge is -2.29. The molecule has 1 aliphatic carbocycles. The number of esters is 1. The van der Waals surface area contributed by atoms with Crippen molar-refractivity contribution in [3.05, 3.63) is 111 Å². The zero-order chi connectivity index (χ0) is 33.4. The molecule has 1 amide bonds. The van der Waals surface area contributed by atoms with Gasteiger partial charge in [0.05, 0.1) is 11.0 Å². The quantitative estimate of drug-likeness (QED) is 0.114. The third-order valence-corrected chi connectivity index (χ3v) is 9.52. The molecule has 0 spiro atoms. The van der Waals surface area contributed by atoms with E-state index in [2.05, 4.69) is 24.1 Å². The largest absolute Gasteiger partial charge is 0.459 e. The normalized spacial score (nSPS) is 16.4. The van der Waals surface area contributed by atoms with Gasteiger partial charge in [-0.05, 0) is 92.8 Å². The minimum absolute atomic E-state index is 0.0539. The van der Waals surface area contributed by atoms with Crippen LogP contribution < -0.4 is 21.3 Å². The molecule has 0 radical (unpaired) electrons. The van der Waals surface area contributed by atoms with E-state index in [-0.39, 0.29) is 35.6 Å². The number of anilines is 1. The lowest BCUT2D eigenvalue weighted by Crippen LogP contribution is -2.41. The molecule has 1 N–H and O–H groups in total. The molecular formula is C39H37N3O6. The van der Waals surface area contributed by atoms with E-state index >= 15 is 0 Å². The number of ether oxygens (including phenoxy) is 1. The number of hydrogen-bond donors (Lipinski definition) is 1. The molecule has 7 rings (SSSR count). The molecule has 1 aliphatic rings. The molecule has 0 aliphatic heterocycles. The Balaban J connectivity index is 1.02. The fourth-order valence-electron chi connectivity index (χ4n) is 6.96. The number of para-hydroxylation sites is 1. The number of pyridine rings is 1. The van der Waals surface area contributed by atoms with Gasteiger partial charge < -0.3 is 23.9 Å². The van der Waals surface area contributed by atoms with Crippen molar-refractivity contribution in [1.82, 2.24) is 9.88 Å². The van der Waals surface area contributed by atoms with Gasteiger partial charge in [0.25, 0.3) is 0 Å². The second kappa shape index (κ2) is 13.0. The van der Waals surface area contributed by atoms with Crippen LogP contribution >= 0.6 is 0 Å². The molecule has 0 atom stereocenters. The van der Waals surface area contributed by atoms with E-state index < -0.39 is 11.6 Å². The highest BCUT2D eigenvalue weighted by Gasteiger charge is 2.27. The monoisotopic (exact) mass is 643 g/mol. The fourth-order valence-corrected chi connectivity index (χ4v) is 6.96. The van der Waals surface area contributed by atoms with Crippen LogP contribution in [0.5, 0.6) is 0 Å². The zero-order valence-electron chi connectivity index (χ0n) is 27.0. The summed E-state index contributed by atoms with van der Waals surface area (Å²) < 4.78 is 13.2. The van der Waals surface area contributed by atoms with Crippen LogP contribution in [0.3, 0.4) is 0 Å². The lowest BCUT2D eigenvalue weighted by atomic mass is 9.93. The van der Waals surface area contributed by atoms with Crippen LogP contribution in [0, 0.1) is 0 Å². The number of hydrogen-bond acceptors (Lipinski definition) is 7. The van der Waals surface area contributed by atoms with Gasteiger partial charge in [0.15, 0.2) is 5.43 Å². The Hall–Kier alpha value is -5.44. The Morgan fingerprint density at radius 2 is 1.52 bits per heavy atom. The van der Waals surface area contributed by atoms with Crippen molar-refractivity contribution in [3.8, 4) is 0 Å². The van der Waals surface area contributed by atoms with E-state index in [1.54, 1.807) is 6.07 Å². The minimum atomic E-state index is -0.722. The van der Waals surface area contributed by atoms with E-state index in [1.807, 2.05) is 77.4 Å². The molecule has 9 nitrogen and oxygen atoms in total. The van der Waals surface area contributed by atoms with Gasteiger partial charge in [-0.1, -0.05) is 36.4 Å². The summed E-state index contributed by atoms with van der Waals surface area (Å²) in [5.41, 5.74) is 1.89. The molecule has 2 heterocycles. The number of nitrogens with zero attached hydrogens (tertiary/aromatic N) is 2. The molecule has 6 aromatic rings. The van der Waals surface area contributed by atoms with E-state index in [9.17, 15) is 19.2 Å². The molecule has 244 valence electrons. The van der Waals surface area contributed by atoms with Crippen molar-refractivity contribution in [2.24, 2.45) is 0 Å². The average molecular weight is 644 g/mol. The first-order valence-electron chi connectivity index (χ1n) is 16.6. The Morgan fingerprint density at radius 1 is 0.812 bits per heavy atom. The van der Waals surface area contributed by atoms with Crippen LogP contribution in [0.25, 0.3) is 43.5 Å². The van der Waals surface area contributed by atoms with E-state index in [4.69, 9.17) is 9.15 Å². The first kappa shape index (κ1) is 31.2. The van der Waals surface area contributed by atoms with Crippen molar-refractivity contribution >= 4 is 61.1 Å². The molecule has 0 saturated heterocycles. The second-order valence-corrected chi connectivity index (χ2v) is 12.4. The SMILES string of the molecule is CCN(CC)c1ccc2cc(C(=O)OC3CCC(NC(=O)Cn4c5ccccc5c(=O)c5cc6ccccc6cc54)CC3)c(=O)oc2c1. The van der Waals surface area contributed by atoms with Crippen LogP contribution in [0.15, 0.2) is 98.9 Å². The van der Waals surface area contributed by atoms with Gasteiger partial charge in [-0.15, -0.1) is 0 Å². The first-order valence-corrected chi connectivity index (χ1v) is 16.6. The Labute approximate surface area is 276 Å². The summed E-state index contributed by atoms with van der Waals surface area (Å²) >= 11 is 0. The van der Waals surface area contributed by atoms with E-state index in [1.165, 1.54) is 6.07 Å². The highest BCUT2D eigenvalue weighted by Crippen LogP contribution is 2.27. The van der Waals surface area contributed by atoms with E-state index in [0.29, 0.717) is 58.5 Å². The fraction of sp³-hybridized carbons (Fsp3) is 0.282. The van der Waals surface area contributed by atoms with Crippen molar-refractivity contribution in [2.45, 2.75) is 58.2 Å². The summed E-state index contributed by atoms with van der Waals surface area (Å²) in [5.74, 6) is -0.855. The van der Waals surface area contributed by atoms with Gasteiger partial charge in [-0.25, -0.2) is 9.59 Å². The summed E-state index contributed by atoms with van der Waals surface area (Å²) in [6.07, 6.45) is 1.99. The summed E-state index contributed by atoms with van der Waals surface area (Å²) in [4.78, 5) is 54.8. The van der Waals surface area contributed by atoms with Crippen LogP contribution in [0.2, 0.25) is 0 Å². The Bertz CT molecular complexity index is 2310. The van der Waals surface area contributed by atoms with Gasteiger partial charge >= 0.3 is 11.6 Å². The molecule has 0 bridgehead atoms. The molecule has 1 fully saturated rings. The van der Waals surface area contributed by atoms with Crippen molar-refractivity contribution in [1.29, 1.82) is 0 Å². The molecule has 9 heteroatoms. The van der Waals surface area contributed by atoms with Gasteiger partial charge in [0.2, 0.25) is 5.91 Å². The second-order valence-electron chi connectivity index (χ2n) is 12.4. The molecule has 1 saturated carbocycles. The summed E-state index contributed by atoms with van der Waals surface area (Å²) in [6, 6.07) is 26.2. The lowest BCUT2D eigenvalue weighted by molar-refractivity contribution is -0.122. The standard InChI is InChI=1S/C39H37N3O6/c1-3-41(4-2)28-16-13-26-20-32(39(46)48-35(26)22-28)38(45)47-29-17-14-27(15-18-29)40-36(43)23-42-33-12-8-7-11-30(33)37(44)31-19-24-9-5-6-10-25(24)21-34(31)42/h5-13,16,19-22,27,29H,3-4,14-15,17-18,23H2,1-2H3,(H,40,43). The van der Waals surface area contributed by atoms with Gasteiger partial charge in [0, 0.05) is 47.0 Å². The molecule has 4 aromatic carbocycles. The maximum absolute atomic E-state index is 13.5. The summed E-state index contributed by atoms with van der Waals surface area (Å²) in [5, 5.41) is 6.92. The third kappa shape index (κ3) is 5.92. The average Bonchev–Trinajstić information content (AvgIpc) is 3.10. The molecule has 2 aromatic heterocycles. The summed E-state index contributed by atoms with van der Waals surface area (Å²) in [6.45, 7) is 5.82. The number of carbonyl (C=O) groups excluding carboxylic acids is 2. The van der Waals surface area contributed by atoms with Crippen LogP contribution in [-0.4, -0.2) is 41.7 Å². The van der Waals surface area contributed by atoms with Crippen LogP contribution in [0.1, 0.15) is 49.9 Å². The van der Waals surface area contributed by atoms with Gasteiger partial charge in [-0.3, -0.25) is 9.59 Å². The Kier molecular flexibility index (Phi) is 8.43. The number of amides is 1. The highest BCUT2D eigenvalue weighted by atomic mass is 16.5. The van der Waals surface area contributed by atoms with Crippen LogP contribution in [-0.2, 0) is 16.1 Å². The predicted molar refractivity (Wildman–Crippen MR) is 189 cm³/mol. The maximum atomic E-state index is 13.5. The number of aromatic nitrogens is 1. The van der Waals surface area contributed by atoms with Crippen molar-refractivity contribution in [2.75, 3.05) is 18.0 Å². The number of nitrogens with one attached hydrogen (secondary N) is 1. The zero-order valence-corrected chi connectivity index (χ0v) is 27.0. The van der Waals surface area contributed by atoms with Crippen LogP contribution in [0.4, 0.5) is 5.69 Å². The third-order valence-electron chi connectivity index (χ3n) is 9.52. The number of carbonyl (C=O) groups is 2. The number of fused-ring (bicyclic) bond motifs is 4. The predicted octanol–water partition coefficient (Wildman–Crippen LogP) is 6.54. The van der Waals surface area contributed by atoms with Gasteiger partial charge in [-0.2, -0.15) is 0 Å². The number of rotatable bonds is 8. The maximum Gasteiger partial charge on any atom is 0.351 e. The highest BCUT2D eigenvalue weighted by molar-refractivity contribution is 6.02. The first-order chi connectivity index (χ1) is 23.3. The Morgan fingerprint density at radius 3 is 2.27 bits per heavy atom.